The number of nitrogens with one attached hydrogen (secondary N) is 1. The number of nitrogens with zero attached hydrogens (tertiary/aromatic N) is 1. The van der Waals surface area contributed by atoms with Crippen LogP contribution in [0.2, 0.25) is 5.02 Å². The number of amides is 1. The van der Waals surface area contributed by atoms with Gasteiger partial charge in [-0.2, -0.15) is 0 Å². The van der Waals surface area contributed by atoms with Crippen LogP contribution in [0.15, 0.2) is 59.0 Å². The van der Waals surface area contributed by atoms with Crippen molar-refractivity contribution in [2.75, 3.05) is 0 Å². The quantitative estimate of drug-likeness (QED) is 0.580. The zero-order valence-electron chi connectivity index (χ0n) is 12.9. The predicted molar refractivity (Wildman–Crippen MR) is 94.1 cm³/mol. The summed E-state index contributed by atoms with van der Waals surface area (Å²) >= 11 is 5.97. The standard InChI is InChI=1S/C19H12ClFN2O2/c20-14-6-5-11-7-13-8-17(25-19(13)23-16(11)9-14)18(24)22-10-12-3-1-2-4-15(12)21/h1-9H,10H2,(H,22,24). The van der Waals surface area contributed by atoms with Crippen LogP contribution in [0.1, 0.15) is 16.1 Å². The highest BCUT2D eigenvalue weighted by atomic mass is 35.5. The van der Waals surface area contributed by atoms with Crippen LogP contribution in [-0.2, 0) is 6.54 Å². The Labute approximate surface area is 147 Å². The lowest BCUT2D eigenvalue weighted by Crippen LogP contribution is -2.22. The van der Waals surface area contributed by atoms with Gasteiger partial charge >= 0.3 is 0 Å². The maximum atomic E-state index is 13.6. The zero-order valence-corrected chi connectivity index (χ0v) is 13.7. The number of carbonyl (C=O) groups is 1. The first kappa shape index (κ1) is 15.6. The van der Waals surface area contributed by atoms with Gasteiger partial charge < -0.3 is 9.73 Å². The monoisotopic (exact) mass is 354 g/mol. The number of halogens is 2. The van der Waals surface area contributed by atoms with Gasteiger partial charge in [0.05, 0.1) is 5.52 Å². The largest absolute Gasteiger partial charge is 0.433 e. The van der Waals surface area contributed by atoms with Crippen LogP contribution in [0.3, 0.4) is 0 Å². The Balaban J connectivity index is 1.61. The maximum absolute atomic E-state index is 13.6. The van der Waals surface area contributed by atoms with Crippen molar-refractivity contribution < 1.29 is 13.6 Å². The van der Waals surface area contributed by atoms with E-state index in [9.17, 15) is 9.18 Å². The van der Waals surface area contributed by atoms with Gasteiger partial charge in [-0.15, -0.1) is 0 Å². The molecule has 0 spiro atoms. The Hall–Kier alpha value is -2.92. The van der Waals surface area contributed by atoms with E-state index >= 15 is 0 Å². The highest BCUT2D eigenvalue weighted by Crippen LogP contribution is 2.25. The molecule has 0 fully saturated rings. The topological polar surface area (TPSA) is 55.1 Å². The van der Waals surface area contributed by atoms with E-state index in [2.05, 4.69) is 10.3 Å². The van der Waals surface area contributed by atoms with Crippen molar-refractivity contribution in [3.8, 4) is 0 Å². The number of benzene rings is 2. The van der Waals surface area contributed by atoms with Crippen molar-refractivity contribution in [3.63, 3.8) is 0 Å². The number of rotatable bonds is 3. The number of hydrogen-bond donors (Lipinski definition) is 1. The molecule has 25 heavy (non-hydrogen) atoms. The Morgan fingerprint density at radius 2 is 1.96 bits per heavy atom. The van der Waals surface area contributed by atoms with Crippen molar-refractivity contribution in [1.82, 2.24) is 10.3 Å². The van der Waals surface area contributed by atoms with Gasteiger partial charge in [-0.1, -0.05) is 35.9 Å². The summed E-state index contributed by atoms with van der Waals surface area (Å²) in [5, 5.41) is 4.84. The normalized spacial score (nSPS) is 11.1. The smallest absolute Gasteiger partial charge is 0.287 e. The molecule has 0 atom stereocenters. The lowest BCUT2D eigenvalue weighted by Gasteiger charge is -2.04. The Bertz CT molecular complexity index is 1110. The van der Waals surface area contributed by atoms with Crippen LogP contribution in [0.5, 0.6) is 0 Å². The molecule has 6 heteroatoms. The molecule has 4 rings (SSSR count). The fourth-order valence-electron chi connectivity index (χ4n) is 2.62. The first-order valence-electron chi connectivity index (χ1n) is 7.61. The summed E-state index contributed by atoms with van der Waals surface area (Å²) in [5.41, 5.74) is 1.45. The van der Waals surface area contributed by atoms with Crippen LogP contribution in [0.4, 0.5) is 4.39 Å². The molecule has 2 aromatic heterocycles. The summed E-state index contributed by atoms with van der Waals surface area (Å²) < 4.78 is 19.1. The number of carbonyl (C=O) groups excluding carboxylic acids is 1. The van der Waals surface area contributed by atoms with E-state index in [-0.39, 0.29) is 18.1 Å². The molecule has 1 amide bonds. The lowest BCUT2D eigenvalue weighted by atomic mass is 10.2. The summed E-state index contributed by atoms with van der Waals surface area (Å²) in [7, 11) is 0. The van der Waals surface area contributed by atoms with Gasteiger partial charge in [0, 0.05) is 27.9 Å². The minimum absolute atomic E-state index is 0.0769. The minimum Gasteiger partial charge on any atom is -0.433 e. The van der Waals surface area contributed by atoms with Crippen molar-refractivity contribution in [3.05, 3.63) is 76.8 Å². The third-order valence-electron chi connectivity index (χ3n) is 3.89. The number of pyridine rings is 1. The van der Waals surface area contributed by atoms with E-state index in [4.69, 9.17) is 16.0 Å². The average molecular weight is 355 g/mol. The molecule has 0 aliphatic heterocycles. The highest BCUT2D eigenvalue weighted by molar-refractivity contribution is 6.31. The molecule has 0 saturated carbocycles. The van der Waals surface area contributed by atoms with Crippen LogP contribution >= 0.6 is 11.6 Å². The van der Waals surface area contributed by atoms with Gasteiger partial charge in [-0.05, 0) is 30.3 Å². The van der Waals surface area contributed by atoms with Crippen molar-refractivity contribution >= 4 is 39.5 Å². The zero-order chi connectivity index (χ0) is 17.4. The third kappa shape index (κ3) is 3.06. The Kier molecular flexibility index (Phi) is 3.86. The van der Waals surface area contributed by atoms with E-state index in [0.29, 0.717) is 27.2 Å². The third-order valence-corrected chi connectivity index (χ3v) is 4.12. The molecule has 0 unspecified atom stereocenters. The fourth-order valence-corrected chi connectivity index (χ4v) is 2.78. The summed E-state index contributed by atoms with van der Waals surface area (Å²) in [6, 6.07) is 15.1. The summed E-state index contributed by atoms with van der Waals surface area (Å²) in [4.78, 5) is 16.7. The molecule has 4 nitrogen and oxygen atoms in total. The molecule has 4 aromatic rings. The molecule has 0 saturated heterocycles. The van der Waals surface area contributed by atoms with Gasteiger partial charge in [0.25, 0.3) is 5.91 Å². The molecular formula is C19H12ClFN2O2. The fraction of sp³-hybridized carbons (Fsp3) is 0.0526. The van der Waals surface area contributed by atoms with Gasteiger partial charge in [0.1, 0.15) is 5.82 Å². The van der Waals surface area contributed by atoms with E-state index in [1.165, 1.54) is 6.07 Å². The summed E-state index contributed by atoms with van der Waals surface area (Å²) in [6.07, 6.45) is 0. The molecular weight excluding hydrogens is 343 g/mol. The number of furan rings is 1. The van der Waals surface area contributed by atoms with Crippen molar-refractivity contribution in [1.29, 1.82) is 0 Å². The number of hydrogen-bond acceptors (Lipinski definition) is 3. The van der Waals surface area contributed by atoms with E-state index in [0.717, 1.165) is 5.39 Å². The van der Waals surface area contributed by atoms with Crippen LogP contribution in [0, 0.1) is 5.82 Å². The van der Waals surface area contributed by atoms with Gasteiger partial charge in [0.15, 0.2) is 5.76 Å². The molecule has 1 N–H and O–H groups in total. The van der Waals surface area contributed by atoms with Gasteiger partial charge in [-0.3, -0.25) is 4.79 Å². The van der Waals surface area contributed by atoms with Gasteiger partial charge in [-0.25, -0.2) is 9.37 Å². The second kappa shape index (κ2) is 6.18. The minimum atomic E-state index is -0.427. The number of aromatic nitrogens is 1. The first-order chi connectivity index (χ1) is 12.1. The molecule has 2 aromatic carbocycles. The second-order valence-corrected chi connectivity index (χ2v) is 6.04. The summed E-state index contributed by atoms with van der Waals surface area (Å²) in [5.74, 6) is -0.666. The van der Waals surface area contributed by atoms with Crippen molar-refractivity contribution in [2.45, 2.75) is 6.54 Å². The van der Waals surface area contributed by atoms with Crippen LogP contribution in [0.25, 0.3) is 22.0 Å². The summed E-state index contributed by atoms with van der Waals surface area (Å²) in [6.45, 7) is 0.0769. The van der Waals surface area contributed by atoms with E-state index in [1.807, 2.05) is 12.1 Å². The Morgan fingerprint density at radius 3 is 2.80 bits per heavy atom. The van der Waals surface area contributed by atoms with Crippen LogP contribution in [-0.4, -0.2) is 10.9 Å². The maximum Gasteiger partial charge on any atom is 0.287 e. The van der Waals surface area contributed by atoms with E-state index in [1.54, 1.807) is 36.4 Å². The predicted octanol–water partition coefficient (Wildman–Crippen LogP) is 4.70. The lowest BCUT2D eigenvalue weighted by molar-refractivity contribution is 0.0924. The highest BCUT2D eigenvalue weighted by Gasteiger charge is 2.14. The first-order valence-corrected chi connectivity index (χ1v) is 7.99. The molecule has 124 valence electrons. The SMILES string of the molecule is O=C(NCc1ccccc1F)c1cc2cc3ccc(Cl)cc3nc2o1. The Morgan fingerprint density at radius 1 is 1.12 bits per heavy atom. The molecule has 0 aliphatic rings. The molecule has 2 heterocycles. The van der Waals surface area contributed by atoms with Crippen molar-refractivity contribution in [2.24, 2.45) is 0 Å². The van der Waals surface area contributed by atoms with Gasteiger partial charge in [0.2, 0.25) is 5.71 Å². The van der Waals surface area contributed by atoms with E-state index < -0.39 is 5.91 Å². The average Bonchev–Trinajstić information content (AvgIpc) is 3.01. The number of fused-ring (bicyclic) bond motifs is 2. The molecule has 0 bridgehead atoms. The molecule has 0 aliphatic carbocycles. The molecule has 0 radical (unpaired) electrons. The second-order valence-electron chi connectivity index (χ2n) is 5.60. The van der Waals surface area contributed by atoms with Crippen LogP contribution < -0.4 is 5.32 Å².